The van der Waals surface area contributed by atoms with E-state index in [0.717, 1.165) is 11.8 Å². The van der Waals surface area contributed by atoms with Crippen molar-refractivity contribution in [2.24, 2.45) is 11.8 Å². The predicted molar refractivity (Wildman–Crippen MR) is 182 cm³/mol. The first kappa shape index (κ1) is 39.0. The van der Waals surface area contributed by atoms with Gasteiger partial charge in [0.2, 0.25) is 0 Å². The van der Waals surface area contributed by atoms with Gasteiger partial charge in [0.05, 0.1) is 0 Å². The molecule has 0 amide bonds. The summed E-state index contributed by atoms with van der Waals surface area (Å²) in [5, 5.41) is 0. The van der Waals surface area contributed by atoms with Crippen molar-refractivity contribution in [3.05, 3.63) is 6.42 Å². The number of rotatable bonds is 34. The fourth-order valence-corrected chi connectivity index (χ4v) is 6.51. The van der Waals surface area contributed by atoms with E-state index in [9.17, 15) is 0 Å². The molecule has 0 fully saturated rings. The minimum absolute atomic E-state index is 0.899. The minimum atomic E-state index is 0.899. The van der Waals surface area contributed by atoms with Gasteiger partial charge >= 0.3 is 0 Å². The van der Waals surface area contributed by atoms with Crippen molar-refractivity contribution in [3.63, 3.8) is 0 Å². The third-order valence-corrected chi connectivity index (χ3v) is 9.26. The molecule has 0 aromatic carbocycles. The normalized spacial score (nSPS) is 11.8. The molecule has 0 aromatic rings. The average Bonchev–Trinajstić information content (AvgIpc) is 2.94. The van der Waals surface area contributed by atoms with E-state index in [-0.39, 0.29) is 0 Å². The Kier molecular flexibility index (Phi) is 34.2. The minimum Gasteiger partial charge on any atom is -0.0654 e. The second-order valence-electron chi connectivity index (χ2n) is 13.4. The van der Waals surface area contributed by atoms with Gasteiger partial charge in [-0.15, -0.1) is 0 Å². The molecule has 0 saturated carbocycles. The molecular weight excluding hydrogens is 468 g/mol. The maximum atomic E-state index is 2.93. The number of hydrogen-bond acceptors (Lipinski definition) is 0. The Bertz CT molecular complexity index is 338. The zero-order valence-electron chi connectivity index (χ0n) is 28.4. The van der Waals surface area contributed by atoms with Crippen LogP contribution in [0, 0.1) is 18.3 Å². The van der Waals surface area contributed by atoms with E-state index in [1.807, 2.05) is 0 Å². The van der Waals surface area contributed by atoms with E-state index >= 15 is 0 Å². The molecule has 0 saturated heterocycles. The Morgan fingerprint density at radius 2 is 0.436 bits per heavy atom. The fourth-order valence-electron chi connectivity index (χ4n) is 6.51. The van der Waals surface area contributed by atoms with Crippen LogP contribution >= 0.6 is 0 Å². The smallest absolute Gasteiger partial charge is 0.0324 e. The molecule has 1 radical (unpaired) electrons. The van der Waals surface area contributed by atoms with E-state index in [4.69, 9.17) is 0 Å². The van der Waals surface area contributed by atoms with Gasteiger partial charge in [-0.05, 0) is 18.3 Å². The summed E-state index contributed by atoms with van der Waals surface area (Å²) in [6, 6.07) is 0. The molecule has 0 aromatic heterocycles. The largest absolute Gasteiger partial charge is 0.0654 e. The molecule has 0 aliphatic rings. The Labute approximate surface area is 251 Å². The van der Waals surface area contributed by atoms with Gasteiger partial charge in [0.1, 0.15) is 0 Å². The van der Waals surface area contributed by atoms with Crippen LogP contribution < -0.4 is 0 Å². The van der Waals surface area contributed by atoms with E-state index < -0.39 is 0 Å². The van der Waals surface area contributed by atoms with Gasteiger partial charge in [-0.25, -0.2) is 0 Å². The first-order valence-corrected chi connectivity index (χ1v) is 19.1. The van der Waals surface area contributed by atoms with Crippen LogP contribution in [-0.2, 0) is 0 Å². The van der Waals surface area contributed by atoms with Gasteiger partial charge in [0, 0.05) is 0 Å². The third-order valence-electron chi connectivity index (χ3n) is 9.26. The summed E-state index contributed by atoms with van der Waals surface area (Å²) in [4.78, 5) is 0. The molecule has 0 bridgehead atoms. The van der Waals surface area contributed by atoms with Crippen LogP contribution in [0.5, 0.6) is 0 Å². The van der Waals surface area contributed by atoms with E-state index in [2.05, 4.69) is 34.1 Å². The van der Waals surface area contributed by atoms with Crippen LogP contribution in [0.15, 0.2) is 0 Å². The topological polar surface area (TPSA) is 0 Å². The molecule has 0 unspecified atom stereocenters. The van der Waals surface area contributed by atoms with Crippen molar-refractivity contribution >= 4 is 0 Å². The van der Waals surface area contributed by atoms with Crippen molar-refractivity contribution in [1.82, 2.24) is 0 Å². The highest BCUT2D eigenvalue weighted by atomic mass is 14.2. The Balaban J connectivity index is 4.63. The maximum absolute atomic E-state index is 2.93. The molecular formula is C39H79. The quantitative estimate of drug-likeness (QED) is 0.0702. The molecule has 0 atom stereocenters. The summed E-state index contributed by atoms with van der Waals surface area (Å²) in [6.45, 7) is 9.33. The summed E-state index contributed by atoms with van der Waals surface area (Å²) in [7, 11) is 0. The highest BCUT2D eigenvalue weighted by molar-refractivity contribution is 4.84. The maximum Gasteiger partial charge on any atom is -0.0324 e. The van der Waals surface area contributed by atoms with Crippen LogP contribution in [0.4, 0.5) is 0 Å². The van der Waals surface area contributed by atoms with Gasteiger partial charge in [-0.1, -0.05) is 233 Å². The summed E-state index contributed by atoms with van der Waals surface area (Å²) < 4.78 is 0. The lowest BCUT2D eigenvalue weighted by Crippen LogP contribution is -2.12. The van der Waals surface area contributed by atoms with Crippen LogP contribution in [0.25, 0.3) is 0 Å². The van der Waals surface area contributed by atoms with Gasteiger partial charge < -0.3 is 0 Å². The van der Waals surface area contributed by atoms with Crippen LogP contribution in [0.2, 0.25) is 0 Å². The number of hydrogen-bond donors (Lipinski definition) is 0. The van der Waals surface area contributed by atoms with Gasteiger partial charge in [-0.3, -0.25) is 0 Å². The van der Waals surface area contributed by atoms with Crippen molar-refractivity contribution in [2.75, 3.05) is 0 Å². The van der Waals surface area contributed by atoms with E-state index in [0.29, 0.717) is 0 Å². The molecule has 39 heavy (non-hydrogen) atoms. The standard InChI is InChI=1S/C39H79/c1-5-9-13-17-21-25-29-33-38(34-30-26-22-18-14-10-6-2)37-39(35-31-27-23-19-15-11-7-3)36-32-28-24-20-16-12-8-4/h37-39H,5-36H2,1-4H3. The molecule has 0 aliphatic carbocycles. The van der Waals surface area contributed by atoms with Crippen LogP contribution in [0.1, 0.15) is 233 Å². The van der Waals surface area contributed by atoms with E-state index in [1.165, 1.54) is 205 Å². The molecule has 235 valence electrons. The third kappa shape index (κ3) is 30.8. The monoisotopic (exact) mass is 548 g/mol. The van der Waals surface area contributed by atoms with Crippen molar-refractivity contribution in [2.45, 2.75) is 233 Å². The molecule has 0 nitrogen and oxygen atoms in total. The lowest BCUT2D eigenvalue weighted by atomic mass is 9.81. The SMILES string of the molecule is CCCCCCCCCC([CH]C(CCCCCCCCC)CCCCCCCCC)CCCCCCCCC. The summed E-state index contributed by atoms with van der Waals surface area (Å²) in [5.74, 6) is 1.80. The molecule has 0 heteroatoms. The highest BCUT2D eigenvalue weighted by Gasteiger charge is 2.17. The zero-order chi connectivity index (χ0) is 28.5. The molecule has 0 heterocycles. The molecule has 0 aliphatic heterocycles. The molecule has 0 spiro atoms. The zero-order valence-corrected chi connectivity index (χ0v) is 28.4. The van der Waals surface area contributed by atoms with E-state index in [1.54, 1.807) is 0 Å². The predicted octanol–water partition coefficient (Wildman–Crippen LogP) is 15.0. The van der Waals surface area contributed by atoms with Crippen molar-refractivity contribution < 1.29 is 0 Å². The molecule has 0 rings (SSSR count). The number of unbranched alkanes of at least 4 members (excludes halogenated alkanes) is 24. The van der Waals surface area contributed by atoms with Gasteiger partial charge in [0.25, 0.3) is 0 Å². The summed E-state index contributed by atoms with van der Waals surface area (Å²) in [6.07, 6.45) is 49.5. The summed E-state index contributed by atoms with van der Waals surface area (Å²) in [5.41, 5.74) is 0. The fraction of sp³-hybridized carbons (Fsp3) is 0.974. The van der Waals surface area contributed by atoms with Crippen molar-refractivity contribution in [3.8, 4) is 0 Å². The lowest BCUT2D eigenvalue weighted by molar-refractivity contribution is 0.363. The Morgan fingerprint density at radius 3 is 0.641 bits per heavy atom. The second kappa shape index (κ2) is 34.2. The highest BCUT2D eigenvalue weighted by Crippen LogP contribution is 2.30. The first-order valence-electron chi connectivity index (χ1n) is 19.1. The summed E-state index contributed by atoms with van der Waals surface area (Å²) >= 11 is 0. The Hall–Kier alpha value is 0. The first-order chi connectivity index (χ1) is 19.3. The van der Waals surface area contributed by atoms with Gasteiger partial charge in [0.15, 0.2) is 0 Å². The van der Waals surface area contributed by atoms with Crippen molar-refractivity contribution in [1.29, 1.82) is 0 Å². The average molecular weight is 548 g/mol. The Morgan fingerprint density at radius 1 is 0.256 bits per heavy atom. The van der Waals surface area contributed by atoms with Crippen LogP contribution in [0.3, 0.4) is 0 Å². The van der Waals surface area contributed by atoms with Crippen LogP contribution in [-0.4, -0.2) is 0 Å². The lowest BCUT2D eigenvalue weighted by Gasteiger charge is -2.24. The van der Waals surface area contributed by atoms with Gasteiger partial charge in [-0.2, -0.15) is 0 Å². The second-order valence-corrected chi connectivity index (χ2v) is 13.4. The molecule has 0 N–H and O–H groups in total.